The lowest BCUT2D eigenvalue weighted by atomic mass is 10.4. The van der Waals surface area contributed by atoms with E-state index in [9.17, 15) is 9.90 Å². The lowest BCUT2D eigenvalue weighted by Gasteiger charge is -1.97. The molecule has 0 spiro atoms. The van der Waals surface area contributed by atoms with Gasteiger partial charge in [-0.25, -0.2) is 0 Å². The molecule has 0 unspecified atom stereocenters. The van der Waals surface area contributed by atoms with E-state index < -0.39 is 0 Å². The molecule has 15 heavy (non-hydrogen) atoms. The third kappa shape index (κ3) is 1.14. The Balaban J connectivity index is 2.34. The van der Waals surface area contributed by atoms with Crippen molar-refractivity contribution in [3.63, 3.8) is 0 Å². The monoisotopic (exact) mass is 206 g/mol. The molecule has 2 aromatic rings. The summed E-state index contributed by atoms with van der Waals surface area (Å²) in [6.07, 6.45) is 2.17. The Morgan fingerprint density at radius 3 is 2.93 bits per heavy atom. The van der Waals surface area contributed by atoms with Crippen molar-refractivity contribution in [1.29, 1.82) is 0 Å². The summed E-state index contributed by atoms with van der Waals surface area (Å²) in [6, 6.07) is 0. The summed E-state index contributed by atoms with van der Waals surface area (Å²) in [5, 5.41) is 13.9. The molecule has 6 nitrogen and oxygen atoms in total. The summed E-state index contributed by atoms with van der Waals surface area (Å²) in [7, 11) is 0. The van der Waals surface area contributed by atoms with E-state index in [0.717, 1.165) is 12.8 Å². The van der Waals surface area contributed by atoms with Crippen LogP contribution in [0.3, 0.4) is 0 Å². The van der Waals surface area contributed by atoms with Gasteiger partial charge in [0.25, 0.3) is 5.56 Å². The molecule has 0 atom stereocenters. The first-order valence-corrected chi connectivity index (χ1v) is 4.85. The van der Waals surface area contributed by atoms with E-state index in [-0.39, 0.29) is 17.0 Å². The summed E-state index contributed by atoms with van der Waals surface area (Å²) in [6.45, 7) is 1.55. The summed E-state index contributed by atoms with van der Waals surface area (Å²) in [4.78, 5) is 18.1. The van der Waals surface area contributed by atoms with Gasteiger partial charge in [0.15, 0.2) is 5.82 Å². The number of aromatic hydroxyl groups is 1. The number of hydrogen-bond donors (Lipinski definition) is 2. The van der Waals surface area contributed by atoms with Crippen LogP contribution in [-0.4, -0.2) is 24.7 Å². The molecule has 0 saturated heterocycles. The Bertz CT molecular complexity index is 594. The maximum Gasteiger partial charge on any atom is 0.259 e. The Labute approximate surface area is 84.6 Å². The van der Waals surface area contributed by atoms with Crippen LogP contribution in [0, 0.1) is 6.92 Å². The van der Waals surface area contributed by atoms with Gasteiger partial charge >= 0.3 is 0 Å². The van der Waals surface area contributed by atoms with Crippen LogP contribution in [-0.2, 0) is 0 Å². The minimum atomic E-state index is -0.324. The van der Waals surface area contributed by atoms with Crippen molar-refractivity contribution < 1.29 is 5.11 Å². The second-order valence-electron chi connectivity index (χ2n) is 3.88. The standard InChI is InChI=1S/C9H10N4O2/c1-4-7(14)11-9-10-6(5-2-3-5)12-13(9)8(4)15/h5,15H,2-3H2,1H3,(H,10,11,12,14). The highest BCUT2D eigenvalue weighted by Crippen LogP contribution is 2.38. The Morgan fingerprint density at radius 1 is 1.53 bits per heavy atom. The van der Waals surface area contributed by atoms with Crippen molar-refractivity contribution in [1.82, 2.24) is 19.6 Å². The first-order chi connectivity index (χ1) is 7.16. The summed E-state index contributed by atoms with van der Waals surface area (Å²) < 4.78 is 1.28. The number of fused-ring (bicyclic) bond motifs is 1. The van der Waals surface area contributed by atoms with Crippen molar-refractivity contribution in [2.24, 2.45) is 0 Å². The molecule has 1 saturated carbocycles. The molecule has 0 radical (unpaired) electrons. The number of nitrogens with one attached hydrogen (secondary N) is 1. The second kappa shape index (κ2) is 2.59. The van der Waals surface area contributed by atoms with E-state index in [1.54, 1.807) is 6.92 Å². The van der Waals surface area contributed by atoms with Crippen LogP contribution >= 0.6 is 0 Å². The summed E-state index contributed by atoms with van der Waals surface area (Å²) in [5.41, 5.74) is -0.0653. The van der Waals surface area contributed by atoms with Gasteiger partial charge in [0.1, 0.15) is 0 Å². The molecule has 2 N–H and O–H groups in total. The van der Waals surface area contributed by atoms with Gasteiger partial charge in [-0.2, -0.15) is 9.50 Å². The molecule has 78 valence electrons. The molecule has 3 rings (SSSR count). The first-order valence-electron chi connectivity index (χ1n) is 4.85. The number of nitrogens with zero attached hydrogens (tertiary/aromatic N) is 3. The van der Waals surface area contributed by atoms with Crippen molar-refractivity contribution in [2.45, 2.75) is 25.7 Å². The van der Waals surface area contributed by atoms with Crippen LogP contribution in [0.1, 0.15) is 30.1 Å². The minimum absolute atomic E-state index is 0.131. The highest BCUT2D eigenvalue weighted by Gasteiger charge is 2.28. The third-order valence-electron chi connectivity index (χ3n) is 2.67. The van der Waals surface area contributed by atoms with Gasteiger partial charge in [-0.1, -0.05) is 0 Å². The van der Waals surface area contributed by atoms with Crippen LogP contribution in [0.25, 0.3) is 5.78 Å². The Hall–Kier alpha value is -1.85. The fourth-order valence-electron chi connectivity index (χ4n) is 1.53. The largest absolute Gasteiger partial charge is 0.493 e. The molecule has 1 fully saturated rings. The van der Waals surface area contributed by atoms with Crippen LogP contribution in [0.5, 0.6) is 5.88 Å². The molecule has 1 aliphatic carbocycles. The predicted molar refractivity (Wildman–Crippen MR) is 52.0 cm³/mol. The Morgan fingerprint density at radius 2 is 2.27 bits per heavy atom. The molecular formula is C9H10N4O2. The van der Waals surface area contributed by atoms with Crippen LogP contribution < -0.4 is 5.56 Å². The molecular weight excluding hydrogens is 196 g/mol. The average Bonchev–Trinajstić information content (AvgIpc) is 2.97. The van der Waals surface area contributed by atoms with Gasteiger partial charge < -0.3 is 5.11 Å². The molecule has 1 aliphatic rings. The van der Waals surface area contributed by atoms with E-state index in [1.807, 2.05) is 0 Å². The van der Waals surface area contributed by atoms with Crippen molar-refractivity contribution in [3.8, 4) is 5.88 Å². The van der Waals surface area contributed by atoms with E-state index in [0.29, 0.717) is 17.5 Å². The van der Waals surface area contributed by atoms with Gasteiger partial charge in [0, 0.05) is 5.92 Å². The molecule has 6 heteroatoms. The lowest BCUT2D eigenvalue weighted by Crippen LogP contribution is -2.12. The minimum Gasteiger partial charge on any atom is -0.493 e. The maximum absolute atomic E-state index is 11.4. The van der Waals surface area contributed by atoms with Crippen molar-refractivity contribution in [3.05, 3.63) is 21.7 Å². The molecule has 0 bridgehead atoms. The van der Waals surface area contributed by atoms with E-state index in [4.69, 9.17) is 0 Å². The van der Waals surface area contributed by atoms with Crippen LogP contribution in [0.2, 0.25) is 0 Å². The number of hydrogen-bond acceptors (Lipinski definition) is 4. The van der Waals surface area contributed by atoms with Gasteiger partial charge in [0.2, 0.25) is 11.7 Å². The number of aromatic nitrogens is 4. The van der Waals surface area contributed by atoms with Gasteiger partial charge in [-0.05, 0) is 19.8 Å². The van der Waals surface area contributed by atoms with E-state index >= 15 is 0 Å². The van der Waals surface area contributed by atoms with Gasteiger partial charge in [-0.3, -0.25) is 9.78 Å². The van der Waals surface area contributed by atoms with Gasteiger partial charge in [-0.15, -0.1) is 5.10 Å². The molecule has 0 amide bonds. The molecule has 2 heterocycles. The van der Waals surface area contributed by atoms with Crippen molar-refractivity contribution >= 4 is 5.78 Å². The fraction of sp³-hybridized carbons (Fsp3) is 0.444. The zero-order valence-corrected chi connectivity index (χ0v) is 8.19. The fourth-order valence-corrected chi connectivity index (χ4v) is 1.53. The zero-order valence-electron chi connectivity index (χ0n) is 8.19. The summed E-state index contributed by atoms with van der Waals surface area (Å²) >= 11 is 0. The number of rotatable bonds is 1. The lowest BCUT2D eigenvalue weighted by molar-refractivity contribution is 0.429. The highest BCUT2D eigenvalue weighted by atomic mass is 16.3. The average molecular weight is 206 g/mol. The predicted octanol–water partition coefficient (Wildman–Crippen LogP) is 0.309. The number of aromatic amines is 1. The van der Waals surface area contributed by atoms with E-state index in [2.05, 4.69) is 15.1 Å². The normalized spacial score (nSPS) is 16.1. The van der Waals surface area contributed by atoms with Crippen LogP contribution in [0.4, 0.5) is 0 Å². The molecule has 0 aliphatic heterocycles. The second-order valence-corrected chi connectivity index (χ2v) is 3.88. The SMILES string of the molecule is Cc1c(O)n2nc(C3CC3)nc2[nH]c1=O. The first kappa shape index (κ1) is 8.46. The smallest absolute Gasteiger partial charge is 0.259 e. The molecule has 2 aromatic heterocycles. The van der Waals surface area contributed by atoms with Crippen LogP contribution in [0.15, 0.2) is 4.79 Å². The topological polar surface area (TPSA) is 83.3 Å². The molecule has 0 aromatic carbocycles. The maximum atomic E-state index is 11.4. The summed E-state index contributed by atoms with van der Waals surface area (Å²) in [5.74, 6) is 1.28. The van der Waals surface area contributed by atoms with Crippen molar-refractivity contribution in [2.75, 3.05) is 0 Å². The number of H-pyrrole nitrogens is 1. The van der Waals surface area contributed by atoms with E-state index in [1.165, 1.54) is 4.52 Å². The quantitative estimate of drug-likeness (QED) is 0.703. The Kier molecular flexibility index (Phi) is 1.46. The third-order valence-corrected chi connectivity index (χ3v) is 2.67. The van der Waals surface area contributed by atoms with Gasteiger partial charge in [0.05, 0.1) is 5.56 Å². The zero-order chi connectivity index (χ0) is 10.6. The highest BCUT2D eigenvalue weighted by molar-refractivity contribution is 5.36.